The fraction of sp³-hybridized carbons (Fsp3) is 0.174. The van der Waals surface area contributed by atoms with Gasteiger partial charge >= 0.3 is 5.97 Å². The third kappa shape index (κ3) is 4.25. The Morgan fingerprint density at radius 1 is 1.00 bits per heavy atom. The van der Waals surface area contributed by atoms with E-state index < -0.39 is 5.97 Å². The fourth-order valence-corrected chi connectivity index (χ4v) is 3.37. The van der Waals surface area contributed by atoms with Crippen LogP contribution in [0, 0.1) is 0 Å². The van der Waals surface area contributed by atoms with Gasteiger partial charge in [-0.3, -0.25) is 9.59 Å². The molecule has 2 heterocycles. The van der Waals surface area contributed by atoms with Gasteiger partial charge in [-0.15, -0.1) is 0 Å². The molecule has 0 saturated carbocycles. The number of anilines is 2. The number of furan rings is 1. The minimum absolute atomic E-state index is 0.191. The summed E-state index contributed by atoms with van der Waals surface area (Å²) in [5.41, 5.74) is 2.80. The molecule has 0 fully saturated rings. The van der Waals surface area contributed by atoms with Gasteiger partial charge in [0, 0.05) is 17.9 Å². The number of benzene rings is 2. The van der Waals surface area contributed by atoms with E-state index in [0.29, 0.717) is 12.2 Å². The quantitative estimate of drug-likeness (QED) is 0.656. The standard InChI is InChI=1S/C23H20N2O5/c26-21(25-13-3-6-16-5-1-2-7-19(16)25)15-30-23(28)17-9-11-18(12-10-17)24-22(27)20-8-4-14-29-20/h1-2,4-5,7-12,14H,3,6,13,15H2,(H,24,27). The van der Waals surface area contributed by atoms with Crippen molar-refractivity contribution in [3.63, 3.8) is 0 Å². The van der Waals surface area contributed by atoms with Gasteiger partial charge in [0.25, 0.3) is 11.8 Å². The third-order valence-electron chi connectivity index (χ3n) is 4.86. The number of carbonyl (C=O) groups excluding carboxylic acids is 3. The molecule has 2 aromatic carbocycles. The highest BCUT2D eigenvalue weighted by Gasteiger charge is 2.23. The first-order valence-electron chi connectivity index (χ1n) is 9.62. The first kappa shape index (κ1) is 19.4. The average molecular weight is 404 g/mol. The molecule has 0 saturated heterocycles. The predicted molar refractivity (Wildman–Crippen MR) is 111 cm³/mol. The average Bonchev–Trinajstić information content (AvgIpc) is 3.32. The highest BCUT2D eigenvalue weighted by molar-refractivity contribution is 6.02. The van der Waals surface area contributed by atoms with Crippen LogP contribution < -0.4 is 10.2 Å². The summed E-state index contributed by atoms with van der Waals surface area (Å²) in [5, 5.41) is 2.67. The zero-order valence-electron chi connectivity index (χ0n) is 16.2. The lowest BCUT2D eigenvalue weighted by Crippen LogP contribution is -2.38. The second kappa shape index (κ2) is 8.65. The summed E-state index contributed by atoms with van der Waals surface area (Å²) in [7, 11) is 0. The summed E-state index contributed by atoms with van der Waals surface area (Å²) in [6, 6.07) is 17.2. The molecule has 7 heteroatoms. The molecule has 30 heavy (non-hydrogen) atoms. The van der Waals surface area contributed by atoms with E-state index in [0.717, 1.165) is 24.1 Å². The summed E-state index contributed by atoms with van der Waals surface area (Å²) in [5.74, 6) is -1.05. The molecule has 0 bridgehead atoms. The molecule has 1 aliphatic heterocycles. The van der Waals surface area contributed by atoms with Crippen molar-refractivity contribution in [3.8, 4) is 0 Å². The lowest BCUT2D eigenvalue weighted by Gasteiger charge is -2.29. The Balaban J connectivity index is 1.33. The number of hydrogen-bond donors (Lipinski definition) is 1. The molecule has 152 valence electrons. The summed E-state index contributed by atoms with van der Waals surface area (Å²) in [6.07, 6.45) is 3.22. The van der Waals surface area contributed by atoms with Gasteiger partial charge in [0.2, 0.25) is 0 Å². The first-order valence-corrected chi connectivity index (χ1v) is 9.62. The number of fused-ring (bicyclic) bond motifs is 1. The number of ether oxygens (including phenoxy) is 1. The van der Waals surface area contributed by atoms with Crippen LogP contribution in [0.3, 0.4) is 0 Å². The van der Waals surface area contributed by atoms with E-state index in [1.807, 2.05) is 24.3 Å². The lowest BCUT2D eigenvalue weighted by molar-refractivity contribution is -0.121. The lowest BCUT2D eigenvalue weighted by atomic mass is 10.0. The van der Waals surface area contributed by atoms with Crippen LogP contribution in [0.15, 0.2) is 71.3 Å². The van der Waals surface area contributed by atoms with Crippen molar-refractivity contribution < 1.29 is 23.5 Å². The maximum absolute atomic E-state index is 12.6. The molecule has 1 N–H and O–H groups in total. The highest BCUT2D eigenvalue weighted by Crippen LogP contribution is 2.26. The van der Waals surface area contributed by atoms with Gasteiger partial charge in [-0.1, -0.05) is 18.2 Å². The zero-order valence-corrected chi connectivity index (χ0v) is 16.2. The fourth-order valence-electron chi connectivity index (χ4n) is 3.37. The Morgan fingerprint density at radius 3 is 2.57 bits per heavy atom. The number of nitrogens with one attached hydrogen (secondary N) is 1. The predicted octanol–water partition coefficient (Wildman–Crippen LogP) is 3.67. The number of aryl methyl sites for hydroxylation is 1. The molecule has 0 aliphatic carbocycles. The van der Waals surface area contributed by atoms with Crippen molar-refractivity contribution >= 4 is 29.2 Å². The van der Waals surface area contributed by atoms with Gasteiger partial charge in [0.05, 0.1) is 11.8 Å². The largest absolute Gasteiger partial charge is 0.459 e. The van der Waals surface area contributed by atoms with Crippen LogP contribution in [0.2, 0.25) is 0 Å². The molecule has 4 rings (SSSR count). The smallest absolute Gasteiger partial charge is 0.338 e. The number of nitrogens with zero attached hydrogens (tertiary/aromatic N) is 1. The Bertz CT molecular complexity index is 1060. The van der Waals surface area contributed by atoms with Crippen LogP contribution in [-0.4, -0.2) is 30.9 Å². The van der Waals surface area contributed by atoms with Gasteiger partial charge in [-0.05, 0) is 60.9 Å². The summed E-state index contributed by atoms with van der Waals surface area (Å²) >= 11 is 0. The molecule has 0 spiro atoms. The van der Waals surface area contributed by atoms with Crippen LogP contribution in [0.4, 0.5) is 11.4 Å². The minimum atomic E-state index is -0.599. The van der Waals surface area contributed by atoms with Crippen molar-refractivity contribution in [2.24, 2.45) is 0 Å². The molecule has 0 atom stereocenters. The molecule has 0 radical (unpaired) electrons. The number of para-hydroxylation sites is 1. The summed E-state index contributed by atoms with van der Waals surface area (Å²) < 4.78 is 10.2. The molecule has 7 nitrogen and oxygen atoms in total. The maximum Gasteiger partial charge on any atom is 0.338 e. The second-order valence-corrected chi connectivity index (χ2v) is 6.86. The number of esters is 1. The normalized spacial score (nSPS) is 12.7. The number of carbonyl (C=O) groups is 3. The van der Waals surface area contributed by atoms with E-state index in [1.54, 1.807) is 29.2 Å². The molecule has 2 amide bonds. The van der Waals surface area contributed by atoms with Crippen LogP contribution in [0.25, 0.3) is 0 Å². The molecule has 1 aliphatic rings. The van der Waals surface area contributed by atoms with Gasteiger partial charge in [-0.2, -0.15) is 0 Å². The van der Waals surface area contributed by atoms with Crippen LogP contribution >= 0.6 is 0 Å². The topological polar surface area (TPSA) is 88.9 Å². The molecular formula is C23H20N2O5. The van der Waals surface area contributed by atoms with E-state index in [9.17, 15) is 14.4 Å². The number of hydrogen-bond acceptors (Lipinski definition) is 5. The highest BCUT2D eigenvalue weighted by atomic mass is 16.5. The van der Waals surface area contributed by atoms with Crippen molar-refractivity contribution in [1.82, 2.24) is 0 Å². The van der Waals surface area contributed by atoms with E-state index >= 15 is 0 Å². The van der Waals surface area contributed by atoms with E-state index in [1.165, 1.54) is 18.4 Å². The van der Waals surface area contributed by atoms with Crippen molar-refractivity contribution in [2.75, 3.05) is 23.4 Å². The third-order valence-corrected chi connectivity index (χ3v) is 4.86. The molecule has 0 unspecified atom stereocenters. The SMILES string of the molecule is O=C(OCC(=O)N1CCCc2ccccc21)c1ccc(NC(=O)c2ccco2)cc1. The van der Waals surface area contributed by atoms with Gasteiger partial charge < -0.3 is 19.4 Å². The van der Waals surface area contributed by atoms with Gasteiger partial charge in [-0.25, -0.2) is 4.79 Å². The van der Waals surface area contributed by atoms with Crippen molar-refractivity contribution in [3.05, 3.63) is 83.8 Å². The number of rotatable bonds is 5. The van der Waals surface area contributed by atoms with Crippen LogP contribution in [0.5, 0.6) is 0 Å². The summed E-state index contributed by atoms with van der Waals surface area (Å²) in [4.78, 5) is 38.5. The van der Waals surface area contributed by atoms with Crippen molar-refractivity contribution in [1.29, 1.82) is 0 Å². The Morgan fingerprint density at radius 2 is 1.80 bits per heavy atom. The Labute approximate surface area is 173 Å². The Hall–Kier alpha value is -3.87. The second-order valence-electron chi connectivity index (χ2n) is 6.86. The van der Waals surface area contributed by atoms with E-state index in [2.05, 4.69) is 5.32 Å². The van der Waals surface area contributed by atoms with Gasteiger partial charge in [0.15, 0.2) is 12.4 Å². The minimum Gasteiger partial charge on any atom is -0.459 e. The van der Waals surface area contributed by atoms with Crippen molar-refractivity contribution in [2.45, 2.75) is 12.8 Å². The van der Waals surface area contributed by atoms with E-state index in [4.69, 9.17) is 9.15 Å². The Kier molecular flexibility index (Phi) is 5.61. The monoisotopic (exact) mass is 404 g/mol. The van der Waals surface area contributed by atoms with E-state index in [-0.39, 0.29) is 29.7 Å². The van der Waals surface area contributed by atoms with Crippen LogP contribution in [0.1, 0.15) is 32.9 Å². The first-order chi connectivity index (χ1) is 14.6. The molecule has 1 aromatic heterocycles. The maximum atomic E-state index is 12.6. The van der Waals surface area contributed by atoms with Crippen LogP contribution in [-0.2, 0) is 16.0 Å². The van der Waals surface area contributed by atoms with Gasteiger partial charge in [0.1, 0.15) is 0 Å². The number of amides is 2. The molecule has 3 aromatic rings. The molecular weight excluding hydrogens is 384 g/mol. The summed E-state index contributed by atoms with van der Waals surface area (Å²) in [6.45, 7) is 0.279. The zero-order chi connectivity index (χ0) is 20.9.